The van der Waals surface area contributed by atoms with E-state index in [2.05, 4.69) is 29.1 Å². The van der Waals surface area contributed by atoms with Crippen molar-refractivity contribution in [3.63, 3.8) is 0 Å². The van der Waals surface area contributed by atoms with Crippen LogP contribution in [-0.4, -0.2) is 9.97 Å². The molecule has 0 saturated carbocycles. The third-order valence-electron chi connectivity index (χ3n) is 2.78. The second-order valence-corrected chi connectivity index (χ2v) is 5.40. The minimum atomic E-state index is 0.158. The van der Waals surface area contributed by atoms with Crippen LogP contribution in [-0.2, 0) is 6.42 Å². The van der Waals surface area contributed by atoms with E-state index in [-0.39, 0.29) is 6.04 Å². The maximum absolute atomic E-state index is 5.75. The lowest BCUT2D eigenvalue weighted by Gasteiger charge is -2.12. The molecule has 2 aromatic rings. The number of thiazole rings is 1. The highest BCUT2D eigenvalue weighted by Gasteiger charge is 2.10. The molecule has 0 bridgehead atoms. The number of nitrogens with zero attached hydrogens (tertiary/aromatic N) is 2. The Bertz CT molecular complexity index is 536. The fourth-order valence-electron chi connectivity index (χ4n) is 1.62. The zero-order chi connectivity index (χ0) is 13.1. The highest BCUT2D eigenvalue weighted by molar-refractivity contribution is 7.11. The van der Waals surface area contributed by atoms with Gasteiger partial charge in [-0.05, 0) is 32.4 Å². The molecule has 0 aromatic carbocycles. The molecule has 0 spiro atoms. The Hall–Kier alpha value is -1.62. The van der Waals surface area contributed by atoms with Crippen LogP contribution >= 0.6 is 11.3 Å². The number of aryl methyl sites for hydroxylation is 2. The summed E-state index contributed by atoms with van der Waals surface area (Å²) in [6.45, 7) is 6.13. The molecule has 0 amide bonds. The van der Waals surface area contributed by atoms with Crippen molar-refractivity contribution in [2.45, 2.75) is 33.2 Å². The summed E-state index contributed by atoms with van der Waals surface area (Å²) in [5, 5.41) is 4.43. The van der Waals surface area contributed by atoms with E-state index in [1.807, 2.05) is 25.3 Å². The Balaban J connectivity index is 2.10. The Morgan fingerprint density at radius 1 is 1.44 bits per heavy atom. The monoisotopic (exact) mass is 262 g/mol. The van der Waals surface area contributed by atoms with E-state index in [1.165, 1.54) is 4.88 Å². The SMILES string of the molecule is CCc1cnc(C(C)Nc2ccc(N)c(C)n2)s1. The van der Waals surface area contributed by atoms with Crippen LogP contribution in [0.1, 0.15) is 35.5 Å². The Labute approximate surface area is 111 Å². The quantitative estimate of drug-likeness (QED) is 0.888. The van der Waals surface area contributed by atoms with Gasteiger partial charge < -0.3 is 11.1 Å². The molecule has 0 fully saturated rings. The zero-order valence-corrected chi connectivity index (χ0v) is 11.7. The first-order valence-corrected chi connectivity index (χ1v) is 6.86. The Morgan fingerprint density at radius 2 is 2.22 bits per heavy atom. The largest absolute Gasteiger partial charge is 0.397 e. The summed E-state index contributed by atoms with van der Waals surface area (Å²) in [6.07, 6.45) is 2.98. The third kappa shape index (κ3) is 2.79. The molecule has 0 saturated heterocycles. The van der Waals surface area contributed by atoms with Gasteiger partial charge in [0.05, 0.1) is 17.4 Å². The molecule has 0 aliphatic carbocycles. The summed E-state index contributed by atoms with van der Waals surface area (Å²) in [7, 11) is 0. The van der Waals surface area contributed by atoms with Gasteiger partial charge in [-0.15, -0.1) is 11.3 Å². The summed E-state index contributed by atoms with van der Waals surface area (Å²) in [5.74, 6) is 0.836. The molecule has 18 heavy (non-hydrogen) atoms. The number of nitrogens with one attached hydrogen (secondary N) is 1. The topological polar surface area (TPSA) is 63.8 Å². The lowest BCUT2D eigenvalue weighted by molar-refractivity contribution is 0.859. The zero-order valence-electron chi connectivity index (χ0n) is 10.9. The molecule has 4 nitrogen and oxygen atoms in total. The average Bonchev–Trinajstić information content (AvgIpc) is 2.82. The van der Waals surface area contributed by atoms with Crippen LogP contribution in [0.5, 0.6) is 0 Å². The highest BCUT2D eigenvalue weighted by Crippen LogP contribution is 2.23. The maximum Gasteiger partial charge on any atom is 0.126 e. The molecule has 2 heterocycles. The van der Waals surface area contributed by atoms with Crippen molar-refractivity contribution >= 4 is 22.8 Å². The summed E-state index contributed by atoms with van der Waals surface area (Å²) in [6, 6.07) is 3.93. The summed E-state index contributed by atoms with van der Waals surface area (Å²) < 4.78 is 0. The van der Waals surface area contributed by atoms with Crippen LogP contribution in [0.25, 0.3) is 0 Å². The number of pyridine rings is 1. The number of aromatic nitrogens is 2. The molecule has 1 atom stereocenters. The fourth-order valence-corrected chi connectivity index (χ4v) is 2.48. The first kappa shape index (κ1) is 12.8. The first-order chi connectivity index (χ1) is 8.60. The smallest absolute Gasteiger partial charge is 0.126 e. The van der Waals surface area contributed by atoms with E-state index in [0.717, 1.165) is 28.6 Å². The van der Waals surface area contributed by atoms with E-state index >= 15 is 0 Å². The lowest BCUT2D eigenvalue weighted by Crippen LogP contribution is -2.08. The molecule has 2 rings (SSSR count). The number of rotatable bonds is 4. The van der Waals surface area contributed by atoms with Crippen LogP contribution in [0.15, 0.2) is 18.3 Å². The van der Waals surface area contributed by atoms with Gasteiger partial charge in [0.1, 0.15) is 10.8 Å². The van der Waals surface area contributed by atoms with Crippen molar-refractivity contribution in [1.82, 2.24) is 9.97 Å². The van der Waals surface area contributed by atoms with E-state index in [1.54, 1.807) is 11.3 Å². The standard InChI is InChI=1S/C13H18N4S/c1-4-10-7-15-13(18-10)9(3)17-12-6-5-11(14)8(2)16-12/h5-7,9H,4,14H2,1-3H3,(H,16,17). The van der Waals surface area contributed by atoms with Gasteiger partial charge in [-0.25, -0.2) is 9.97 Å². The molecule has 0 radical (unpaired) electrons. The molecule has 2 aromatic heterocycles. The van der Waals surface area contributed by atoms with Crippen LogP contribution in [0, 0.1) is 6.92 Å². The fraction of sp³-hybridized carbons (Fsp3) is 0.385. The van der Waals surface area contributed by atoms with Gasteiger partial charge in [-0.2, -0.15) is 0 Å². The van der Waals surface area contributed by atoms with E-state index in [0.29, 0.717) is 0 Å². The normalized spacial score (nSPS) is 12.4. The van der Waals surface area contributed by atoms with Crippen molar-refractivity contribution < 1.29 is 0 Å². The average molecular weight is 262 g/mol. The van der Waals surface area contributed by atoms with E-state index in [9.17, 15) is 0 Å². The van der Waals surface area contributed by atoms with E-state index < -0.39 is 0 Å². The second-order valence-electron chi connectivity index (χ2n) is 4.26. The minimum absolute atomic E-state index is 0.158. The van der Waals surface area contributed by atoms with Crippen LogP contribution in [0.4, 0.5) is 11.5 Å². The van der Waals surface area contributed by atoms with Crippen molar-refractivity contribution in [2.75, 3.05) is 11.1 Å². The Morgan fingerprint density at radius 3 is 2.83 bits per heavy atom. The van der Waals surface area contributed by atoms with Gasteiger partial charge in [0.15, 0.2) is 0 Å². The molecule has 1 unspecified atom stereocenters. The molecule has 0 aliphatic rings. The van der Waals surface area contributed by atoms with Crippen molar-refractivity contribution in [3.05, 3.63) is 33.9 Å². The summed E-state index contributed by atoms with van der Waals surface area (Å²) in [5.41, 5.74) is 7.32. The predicted molar refractivity (Wildman–Crippen MR) is 76.9 cm³/mol. The van der Waals surface area contributed by atoms with E-state index in [4.69, 9.17) is 5.73 Å². The number of hydrogen-bond acceptors (Lipinski definition) is 5. The second kappa shape index (κ2) is 5.35. The summed E-state index contributed by atoms with van der Waals surface area (Å²) >= 11 is 1.74. The molecule has 96 valence electrons. The van der Waals surface area contributed by atoms with Gasteiger partial charge in [0, 0.05) is 11.1 Å². The van der Waals surface area contributed by atoms with Crippen LogP contribution < -0.4 is 11.1 Å². The van der Waals surface area contributed by atoms with Crippen LogP contribution in [0.2, 0.25) is 0 Å². The van der Waals surface area contributed by atoms with Gasteiger partial charge in [-0.1, -0.05) is 6.92 Å². The summed E-state index contributed by atoms with van der Waals surface area (Å²) in [4.78, 5) is 10.1. The predicted octanol–water partition coefficient (Wildman–Crippen LogP) is 3.16. The molecular weight excluding hydrogens is 244 g/mol. The first-order valence-electron chi connectivity index (χ1n) is 6.04. The maximum atomic E-state index is 5.75. The highest BCUT2D eigenvalue weighted by atomic mass is 32.1. The van der Waals surface area contributed by atoms with Gasteiger partial charge >= 0.3 is 0 Å². The molecule has 3 N–H and O–H groups in total. The van der Waals surface area contributed by atoms with Crippen LogP contribution in [0.3, 0.4) is 0 Å². The number of anilines is 2. The number of nitrogens with two attached hydrogens (primary N) is 1. The molecular formula is C13H18N4S. The molecule has 5 heteroatoms. The minimum Gasteiger partial charge on any atom is -0.397 e. The number of nitrogen functional groups attached to an aromatic ring is 1. The van der Waals surface area contributed by atoms with Crippen molar-refractivity contribution in [3.8, 4) is 0 Å². The van der Waals surface area contributed by atoms with Gasteiger partial charge in [0.25, 0.3) is 0 Å². The van der Waals surface area contributed by atoms with Gasteiger partial charge in [0.2, 0.25) is 0 Å². The van der Waals surface area contributed by atoms with Crippen molar-refractivity contribution in [1.29, 1.82) is 0 Å². The van der Waals surface area contributed by atoms with Gasteiger partial charge in [-0.3, -0.25) is 0 Å². The lowest BCUT2D eigenvalue weighted by atomic mass is 10.3. The molecule has 0 aliphatic heterocycles. The van der Waals surface area contributed by atoms with Crippen molar-refractivity contribution in [2.24, 2.45) is 0 Å². The number of hydrogen-bond donors (Lipinski definition) is 2. The Kier molecular flexibility index (Phi) is 3.81. The third-order valence-corrected chi connectivity index (χ3v) is 4.11.